The molecule has 100 valence electrons. The maximum Gasteiger partial charge on any atom is 0.224 e. The number of likely N-dealkylation sites (tertiary alicyclic amines) is 1. The first-order chi connectivity index (χ1) is 8.97. The number of rotatable bonds is 2. The van der Waals surface area contributed by atoms with Gasteiger partial charge in [-0.1, -0.05) is 49.0 Å². The highest BCUT2D eigenvalue weighted by Gasteiger charge is 2.65. The highest BCUT2D eigenvalue weighted by Crippen LogP contribution is 2.55. The molecule has 2 aliphatic rings. The Morgan fingerprint density at radius 2 is 1.89 bits per heavy atom. The van der Waals surface area contributed by atoms with Gasteiger partial charge in [0, 0.05) is 24.1 Å². The summed E-state index contributed by atoms with van der Waals surface area (Å²) >= 11 is 1.37. The first-order valence-corrected chi connectivity index (χ1v) is 7.47. The normalized spacial score (nSPS) is 33.9. The van der Waals surface area contributed by atoms with E-state index in [4.69, 9.17) is 0 Å². The number of thioether (sulfide) groups is 1. The zero-order valence-electron chi connectivity index (χ0n) is 11.2. The van der Waals surface area contributed by atoms with Gasteiger partial charge in [-0.25, -0.2) is 0 Å². The Morgan fingerprint density at radius 3 is 2.58 bits per heavy atom. The SMILES string of the molecule is C[C@]12CSC(=O)[C@@]1(C)N(Cc1ccccc1)C(=O)C2. The minimum Gasteiger partial charge on any atom is -0.324 e. The number of amides is 1. The summed E-state index contributed by atoms with van der Waals surface area (Å²) in [6, 6.07) is 9.88. The van der Waals surface area contributed by atoms with Gasteiger partial charge in [0.2, 0.25) is 11.0 Å². The average Bonchev–Trinajstić information content (AvgIpc) is 2.73. The van der Waals surface area contributed by atoms with Crippen LogP contribution >= 0.6 is 11.8 Å². The topological polar surface area (TPSA) is 37.4 Å². The Hall–Kier alpha value is -1.29. The molecule has 0 aliphatic carbocycles. The van der Waals surface area contributed by atoms with E-state index in [1.54, 1.807) is 4.90 Å². The minimum absolute atomic E-state index is 0.0995. The summed E-state index contributed by atoms with van der Waals surface area (Å²) < 4.78 is 0. The summed E-state index contributed by atoms with van der Waals surface area (Å²) in [6.07, 6.45) is 0.481. The lowest BCUT2D eigenvalue weighted by Crippen LogP contribution is -2.52. The highest BCUT2D eigenvalue weighted by atomic mass is 32.2. The van der Waals surface area contributed by atoms with Crippen molar-refractivity contribution in [3.05, 3.63) is 35.9 Å². The first-order valence-electron chi connectivity index (χ1n) is 6.49. The Kier molecular flexibility index (Phi) is 2.75. The maximum absolute atomic E-state index is 12.3. The molecule has 2 fully saturated rings. The third-order valence-corrected chi connectivity index (χ3v) is 6.10. The van der Waals surface area contributed by atoms with E-state index in [-0.39, 0.29) is 16.4 Å². The van der Waals surface area contributed by atoms with Crippen LogP contribution in [0.3, 0.4) is 0 Å². The summed E-state index contributed by atoms with van der Waals surface area (Å²) in [4.78, 5) is 26.4. The second-order valence-electron chi connectivity index (χ2n) is 5.85. The first kappa shape index (κ1) is 12.7. The largest absolute Gasteiger partial charge is 0.324 e. The molecule has 0 unspecified atom stereocenters. The van der Waals surface area contributed by atoms with Gasteiger partial charge < -0.3 is 4.90 Å². The van der Waals surface area contributed by atoms with Gasteiger partial charge in [0.05, 0.1) is 0 Å². The molecular weight excluding hydrogens is 258 g/mol. The van der Waals surface area contributed by atoms with Crippen LogP contribution in [0.1, 0.15) is 25.8 Å². The molecule has 1 aromatic carbocycles. The number of fused-ring (bicyclic) bond motifs is 1. The van der Waals surface area contributed by atoms with Crippen LogP contribution in [-0.4, -0.2) is 27.2 Å². The molecule has 19 heavy (non-hydrogen) atoms. The van der Waals surface area contributed by atoms with Crippen LogP contribution in [-0.2, 0) is 16.1 Å². The lowest BCUT2D eigenvalue weighted by molar-refractivity contribution is -0.137. The standard InChI is InChI=1S/C15H17NO2S/c1-14-8-12(17)16(9-11-6-4-3-5-7-11)15(14,2)13(18)19-10-14/h3-7H,8-10H2,1-2H3/t14-,15+/m0/s1. The molecule has 1 aromatic rings. The third-order valence-electron chi connectivity index (χ3n) is 4.66. The van der Waals surface area contributed by atoms with Gasteiger partial charge in [0.25, 0.3) is 0 Å². The molecule has 2 atom stereocenters. The molecule has 2 saturated heterocycles. The van der Waals surface area contributed by atoms with E-state index in [9.17, 15) is 9.59 Å². The van der Waals surface area contributed by atoms with Gasteiger partial charge in [-0.05, 0) is 12.5 Å². The second-order valence-corrected chi connectivity index (χ2v) is 6.80. The van der Waals surface area contributed by atoms with Gasteiger partial charge in [0.15, 0.2) is 0 Å². The fourth-order valence-electron chi connectivity index (χ4n) is 3.10. The van der Waals surface area contributed by atoms with Crippen molar-refractivity contribution >= 4 is 22.8 Å². The van der Waals surface area contributed by atoms with E-state index >= 15 is 0 Å². The lowest BCUT2D eigenvalue weighted by atomic mass is 9.75. The zero-order valence-corrected chi connectivity index (χ0v) is 12.0. The van der Waals surface area contributed by atoms with Gasteiger partial charge >= 0.3 is 0 Å². The Labute approximate surface area is 117 Å². The number of nitrogens with zero attached hydrogens (tertiary/aromatic N) is 1. The van der Waals surface area contributed by atoms with Crippen molar-refractivity contribution in [1.82, 2.24) is 4.90 Å². The fraction of sp³-hybridized carbons (Fsp3) is 0.467. The molecule has 0 radical (unpaired) electrons. The van der Waals surface area contributed by atoms with Crippen molar-refractivity contribution in [2.24, 2.45) is 5.41 Å². The summed E-state index contributed by atoms with van der Waals surface area (Å²) in [6.45, 7) is 4.52. The van der Waals surface area contributed by atoms with Gasteiger partial charge in [-0.2, -0.15) is 0 Å². The van der Waals surface area contributed by atoms with Crippen molar-refractivity contribution in [2.45, 2.75) is 32.4 Å². The lowest BCUT2D eigenvalue weighted by Gasteiger charge is -2.37. The van der Waals surface area contributed by atoms with Gasteiger partial charge in [-0.3, -0.25) is 9.59 Å². The minimum atomic E-state index is -0.648. The summed E-state index contributed by atoms with van der Waals surface area (Å²) in [5.41, 5.74) is 0.205. The van der Waals surface area contributed by atoms with Crippen molar-refractivity contribution in [3.8, 4) is 0 Å². The predicted molar refractivity (Wildman–Crippen MR) is 75.6 cm³/mol. The molecule has 3 nitrogen and oxygen atoms in total. The van der Waals surface area contributed by atoms with E-state index in [1.807, 2.05) is 37.3 Å². The zero-order chi connectivity index (χ0) is 13.7. The van der Waals surface area contributed by atoms with Crippen LogP contribution in [0.15, 0.2) is 30.3 Å². The molecule has 0 spiro atoms. The van der Waals surface area contributed by atoms with E-state index in [2.05, 4.69) is 6.92 Å². The number of carbonyl (C=O) groups is 2. The second kappa shape index (κ2) is 4.10. The summed E-state index contributed by atoms with van der Waals surface area (Å²) in [5.74, 6) is 0.849. The maximum atomic E-state index is 12.3. The van der Waals surface area contributed by atoms with Gasteiger partial charge in [-0.15, -0.1) is 0 Å². The van der Waals surface area contributed by atoms with Crippen molar-refractivity contribution < 1.29 is 9.59 Å². The van der Waals surface area contributed by atoms with E-state index in [1.165, 1.54) is 11.8 Å². The monoisotopic (exact) mass is 275 g/mol. The Balaban J connectivity index is 1.97. The number of carbonyl (C=O) groups excluding carboxylic acids is 2. The molecule has 3 rings (SSSR count). The molecule has 2 heterocycles. The molecule has 0 bridgehead atoms. The Morgan fingerprint density at radius 1 is 1.21 bits per heavy atom. The molecule has 0 saturated carbocycles. The summed E-state index contributed by atoms with van der Waals surface area (Å²) in [7, 11) is 0. The quantitative estimate of drug-likeness (QED) is 0.832. The predicted octanol–water partition coefficient (Wildman–Crippen LogP) is 2.46. The van der Waals surface area contributed by atoms with E-state index in [0.29, 0.717) is 13.0 Å². The number of hydrogen-bond donors (Lipinski definition) is 0. The smallest absolute Gasteiger partial charge is 0.224 e. The van der Waals surface area contributed by atoms with Crippen molar-refractivity contribution in [1.29, 1.82) is 0 Å². The molecule has 0 aromatic heterocycles. The third kappa shape index (κ3) is 1.66. The van der Waals surface area contributed by atoms with Crippen LogP contribution < -0.4 is 0 Å². The van der Waals surface area contributed by atoms with Crippen LogP contribution in [0.4, 0.5) is 0 Å². The molecule has 0 N–H and O–H groups in total. The highest BCUT2D eigenvalue weighted by molar-refractivity contribution is 8.14. The fourth-order valence-corrected chi connectivity index (χ4v) is 4.57. The van der Waals surface area contributed by atoms with Crippen LogP contribution in [0, 0.1) is 5.41 Å². The Bertz CT molecular complexity index is 544. The van der Waals surface area contributed by atoms with Gasteiger partial charge in [0.1, 0.15) is 5.54 Å². The number of hydrogen-bond acceptors (Lipinski definition) is 3. The van der Waals surface area contributed by atoms with Crippen LogP contribution in [0.5, 0.6) is 0 Å². The number of benzene rings is 1. The van der Waals surface area contributed by atoms with Crippen LogP contribution in [0.2, 0.25) is 0 Å². The summed E-state index contributed by atoms with van der Waals surface area (Å²) in [5, 5.41) is 0.136. The van der Waals surface area contributed by atoms with E-state index < -0.39 is 5.54 Å². The average molecular weight is 275 g/mol. The molecule has 1 amide bonds. The molecule has 2 aliphatic heterocycles. The molecule has 4 heteroatoms. The van der Waals surface area contributed by atoms with Crippen molar-refractivity contribution in [3.63, 3.8) is 0 Å². The van der Waals surface area contributed by atoms with Crippen molar-refractivity contribution in [2.75, 3.05) is 5.75 Å². The van der Waals surface area contributed by atoms with Crippen LogP contribution in [0.25, 0.3) is 0 Å². The molecular formula is C15H17NO2S. The van der Waals surface area contributed by atoms with E-state index in [0.717, 1.165) is 11.3 Å².